The molecule has 0 atom stereocenters. The lowest BCUT2D eigenvalue weighted by Gasteiger charge is -1.77. The Kier molecular flexibility index (Phi) is 4.11. The highest BCUT2D eigenvalue weighted by Crippen LogP contribution is 1.83. The Morgan fingerprint density at radius 2 is 2.33 bits per heavy atom. The smallest absolute Gasteiger partial charge is 0.0903 e. The van der Waals surface area contributed by atoms with Crippen molar-refractivity contribution in [3.63, 3.8) is 0 Å². The molecule has 0 radical (unpaired) electrons. The number of terminal acetylenes is 1. The van der Waals surface area contributed by atoms with Crippen LogP contribution < -0.4 is 0 Å². The minimum absolute atomic E-state index is 0.288. The lowest BCUT2D eigenvalue weighted by molar-refractivity contribution is 0.477. The molecule has 0 saturated heterocycles. The fraction of sp³-hybridized carbons (Fsp3) is 0.600. The van der Waals surface area contributed by atoms with Crippen LogP contribution in [0.2, 0.25) is 0 Å². The van der Waals surface area contributed by atoms with Crippen LogP contribution in [0.15, 0.2) is 0 Å². The van der Waals surface area contributed by atoms with Gasteiger partial charge in [-0.25, -0.2) is 0 Å². The summed E-state index contributed by atoms with van der Waals surface area (Å²) >= 11 is 0. The summed E-state index contributed by atoms with van der Waals surface area (Å²) in [6.45, 7) is -0.288. The molecule has 0 aliphatic heterocycles. The van der Waals surface area contributed by atoms with Crippen LogP contribution in [-0.2, 0) is 0 Å². The van der Waals surface area contributed by atoms with Crippen molar-refractivity contribution in [1.29, 1.82) is 0 Å². The van der Waals surface area contributed by atoms with E-state index in [1.165, 1.54) is 0 Å². The zero-order valence-corrected chi connectivity index (χ0v) is 3.58. The Morgan fingerprint density at radius 1 is 1.67 bits per heavy atom. The second-order valence-electron chi connectivity index (χ2n) is 0.997. The van der Waals surface area contributed by atoms with Gasteiger partial charge in [0, 0.05) is 6.42 Å². The van der Waals surface area contributed by atoms with Gasteiger partial charge in [0.05, 0.1) is 6.67 Å². The molecule has 0 fully saturated rings. The molecule has 0 nitrogen and oxygen atoms in total. The summed E-state index contributed by atoms with van der Waals surface area (Å²) in [6, 6.07) is 0. The van der Waals surface area contributed by atoms with Crippen LogP contribution in [0.25, 0.3) is 0 Å². The summed E-state index contributed by atoms with van der Waals surface area (Å²) in [5, 5.41) is 0. The SMILES string of the molecule is C#CCCCF. The van der Waals surface area contributed by atoms with Crippen molar-refractivity contribution in [1.82, 2.24) is 0 Å². The van der Waals surface area contributed by atoms with Crippen molar-refractivity contribution in [2.24, 2.45) is 0 Å². The van der Waals surface area contributed by atoms with E-state index < -0.39 is 0 Å². The summed E-state index contributed by atoms with van der Waals surface area (Å²) in [6.07, 6.45) is 5.87. The zero-order chi connectivity index (χ0) is 4.83. The zero-order valence-electron chi connectivity index (χ0n) is 3.58. The predicted octanol–water partition coefficient (Wildman–Crippen LogP) is 1.37. The molecule has 0 aromatic carbocycles. The molecule has 0 amide bonds. The van der Waals surface area contributed by atoms with Crippen LogP contribution in [0, 0.1) is 12.3 Å². The molecule has 0 aromatic rings. The molecule has 0 bridgehead atoms. The van der Waals surface area contributed by atoms with Crippen LogP contribution in [0.4, 0.5) is 4.39 Å². The number of alkyl halides is 1. The van der Waals surface area contributed by atoms with Crippen LogP contribution in [0.5, 0.6) is 0 Å². The van der Waals surface area contributed by atoms with Crippen molar-refractivity contribution < 1.29 is 4.39 Å². The summed E-state index contributed by atoms with van der Waals surface area (Å²) in [4.78, 5) is 0. The molecule has 0 heterocycles. The number of halogens is 1. The third-order valence-electron chi connectivity index (χ3n) is 0.455. The third kappa shape index (κ3) is 3.49. The molecule has 0 aliphatic rings. The van der Waals surface area contributed by atoms with Crippen molar-refractivity contribution >= 4 is 0 Å². The highest BCUT2D eigenvalue weighted by Gasteiger charge is 1.74. The van der Waals surface area contributed by atoms with E-state index in [-0.39, 0.29) is 6.67 Å². The van der Waals surface area contributed by atoms with Crippen LogP contribution in [-0.4, -0.2) is 6.67 Å². The van der Waals surface area contributed by atoms with Gasteiger partial charge >= 0.3 is 0 Å². The quantitative estimate of drug-likeness (QED) is 0.351. The average molecular weight is 86.1 g/mol. The first-order chi connectivity index (χ1) is 2.91. The van der Waals surface area contributed by atoms with Gasteiger partial charge in [0.1, 0.15) is 0 Å². The van der Waals surface area contributed by atoms with E-state index >= 15 is 0 Å². The van der Waals surface area contributed by atoms with Gasteiger partial charge in [0.2, 0.25) is 0 Å². The minimum atomic E-state index is -0.288. The summed E-state index contributed by atoms with van der Waals surface area (Å²) in [5.74, 6) is 2.33. The fourth-order valence-corrected chi connectivity index (χ4v) is 0.169. The Labute approximate surface area is 37.4 Å². The Balaban J connectivity index is 2.54. The molecule has 0 saturated carbocycles. The highest BCUT2D eigenvalue weighted by molar-refractivity contribution is 4.82. The fourth-order valence-electron chi connectivity index (χ4n) is 0.169. The maximum absolute atomic E-state index is 11.1. The van der Waals surface area contributed by atoms with Gasteiger partial charge < -0.3 is 0 Å². The van der Waals surface area contributed by atoms with Gasteiger partial charge in [0.15, 0.2) is 0 Å². The first-order valence-electron chi connectivity index (χ1n) is 1.91. The highest BCUT2D eigenvalue weighted by atomic mass is 19.1. The van der Waals surface area contributed by atoms with E-state index in [1.54, 1.807) is 0 Å². The standard InChI is InChI=1S/C5H7F/c1-2-3-4-5-6/h1H,3-5H2. The van der Waals surface area contributed by atoms with Gasteiger partial charge in [-0.2, -0.15) is 0 Å². The topological polar surface area (TPSA) is 0 Å². The van der Waals surface area contributed by atoms with E-state index in [1.807, 2.05) is 0 Å². The largest absolute Gasteiger partial charge is 0.251 e. The van der Waals surface area contributed by atoms with E-state index in [0.717, 1.165) is 0 Å². The van der Waals surface area contributed by atoms with Gasteiger partial charge in [-0.3, -0.25) is 4.39 Å². The molecule has 1 heteroatoms. The number of hydrogen-bond acceptors (Lipinski definition) is 0. The number of unbranched alkanes of at least 4 members (excludes halogenated alkanes) is 1. The molecular weight excluding hydrogens is 79.1 g/mol. The van der Waals surface area contributed by atoms with Crippen LogP contribution >= 0.6 is 0 Å². The molecule has 0 spiro atoms. The molecule has 34 valence electrons. The second kappa shape index (κ2) is 4.49. The monoisotopic (exact) mass is 86.1 g/mol. The molecule has 0 aliphatic carbocycles. The van der Waals surface area contributed by atoms with Crippen molar-refractivity contribution in [2.45, 2.75) is 12.8 Å². The molecule has 0 N–H and O–H groups in total. The normalized spacial score (nSPS) is 7.33. The molecule has 6 heavy (non-hydrogen) atoms. The van der Waals surface area contributed by atoms with Crippen LogP contribution in [0.3, 0.4) is 0 Å². The first kappa shape index (κ1) is 5.49. The molecular formula is C5H7F. The van der Waals surface area contributed by atoms with Gasteiger partial charge in [-0.15, -0.1) is 12.3 Å². The predicted molar refractivity (Wildman–Crippen MR) is 24.0 cm³/mol. The maximum Gasteiger partial charge on any atom is 0.0903 e. The van der Waals surface area contributed by atoms with E-state index in [9.17, 15) is 4.39 Å². The van der Waals surface area contributed by atoms with E-state index in [4.69, 9.17) is 6.42 Å². The number of rotatable bonds is 2. The first-order valence-corrected chi connectivity index (χ1v) is 1.91. The van der Waals surface area contributed by atoms with Crippen molar-refractivity contribution in [3.05, 3.63) is 0 Å². The lowest BCUT2D eigenvalue weighted by Crippen LogP contribution is -1.69. The average Bonchev–Trinajstić information content (AvgIpc) is 1.61. The minimum Gasteiger partial charge on any atom is -0.251 e. The lowest BCUT2D eigenvalue weighted by atomic mass is 10.3. The van der Waals surface area contributed by atoms with E-state index in [2.05, 4.69) is 5.92 Å². The van der Waals surface area contributed by atoms with Crippen molar-refractivity contribution in [2.75, 3.05) is 6.67 Å². The van der Waals surface area contributed by atoms with Crippen LogP contribution in [0.1, 0.15) is 12.8 Å². The van der Waals surface area contributed by atoms with Gasteiger partial charge in [0.25, 0.3) is 0 Å². The summed E-state index contributed by atoms with van der Waals surface area (Å²) in [7, 11) is 0. The number of hydrogen-bond donors (Lipinski definition) is 0. The second-order valence-corrected chi connectivity index (χ2v) is 0.997. The van der Waals surface area contributed by atoms with E-state index in [0.29, 0.717) is 12.8 Å². The van der Waals surface area contributed by atoms with Gasteiger partial charge in [-0.05, 0) is 6.42 Å². The molecule has 0 unspecified atom stereocenters. The Bertz CT molecular complexity index is 51.4. The summed E-state index contributed by atoms with van der Waals surface area (Å²) in [5.41, 5.74) is 0. The Morgan fingerprint density at radius 3 is 2.50 bits per heavy atom. The third-order valence-corrected chi connectivity index (χ3v) is 0.455. The summed E-state index contributed by atoms with van der Waals surface area (Å²) < 4.78 is 11.1. The molecule has 0 aromatic heterocycles. The van der Waals surface area contributed by atoms with Crippen molar-refractivity contribution in [3.8, 4) is 12.3 Å². The maximum atomic E-state index is 11.1. The Hall–Kier alpha value is -0.510. The molecule has 0 rings (SSSR count). The van der Waals surface area contributed by atoms with Gasteiger partial charge in [-0.1, -0.05) is 0 Å².